The van der Waals surface area contributed by atoms with Crippen molar-refractivity contribution in [3.05, 3.63) is 52.3 Å². The zero-order valence-corrected chi connectivity index (χ0v) is 17.1. The van der Waals surface area contributed by atoms with Crippen molar-refractivity contribution in [1.82, 2.24) is 19.8 Å². The lowest BCUT2D eigenvalue weighted by Gasteiger charge is -2.13. The van der Waals surface area contributed by atoms with E-state index in [2.05, 4.69) is 15.3 Å². The molecule has 0 unspecified atom stereocenters. The maximum atomic E-state index is 12.9. The monoisotopic (exact) mass is 410 g/mol. The molecule has 0 aliphatic heterocycles. The highest BCUT2D eigenvalue weighted by molar-refractivity contribution is 7.19. The maximum Gasteiger partial charge on any atom is 0.302 e. The second-order valence-corrected chi connectivity index (χ2v) is 7.19. The van der Waals surface area contributed by atoms with Gasteiger partial charge in [-0.15, -0.1) is 10.2 Å². The van der Waals surface area contributed by atoms with Crippen LogP contribution < -0.4 is 19.8 Å². The third kappa shape index (κ3) is 3.29. The largest absolute Gasteiger partial charge is 0.493 e. The molecule has 0 radical (unpaired) electrons. The van der Waals surface area contributed by atoms with Gasteiger partial charge in [-0.05, 0) is 19.1 Å². The Morgan fingerprint density at radius 2 is 1.55 bits per heavy atom. The minimum absolute atomic E-state index is 0.254. The van der Waals surface area contributed by atoms with E-state index in [0.29, 0.717) is 38.3 Å². The number of rotatable bonds is 5. The van der Waals surface area contributed by atoms with Crippen LogP contribution in [-0.2, 0) is 0 Å². The highest BCUT2D eigenvalue weighted by Gasteiger charge is 2.18. The summed E-state index contributed by atoms with van der Waals surface area (Å²) >= 11 is 1.25. The summed E-state index contributed by atoms with van der Waals surface area (Å²) < 4.78 is 17.4. The Morgan fingerprint density at radius 3 is 2.14 bits per heavy atom. The van der Waals surface area contributed by atoms with Crippen LogP contribution in [0.1, 0.15) is 5.56 Å². The predicted molar refractivity (Wildman–Crippen MR) is 110 cm³/mol. The lowest BCUT2D eigenvalue weighted by atomic mass is 10.1. The fourth-order valence-electron chi connectivity index (χ4n) is 2.93. The summed E-state index contributed by atoms with van der Waals surface area (Å²) in [5.74, 6) is 1.48. The van der Waals surface area contributed by atoms with Gasteiger partial charge in [-0.2, -0.15) is 9.61 Å². The van der Waals surface area contributed by atoms with Gasteiger partial charge in [-0.1, -0.05) is 41.2 Å². The average Bonchev–Trinajstić information content (AvgIpc) is 3.19. The molecule has 0 N–H and O–H groups in total. The fraction of sp³-hybridized carbons (Fsp3) is 0.200. The molecule has 2 aromatic heterocycles. The maximum absolute atomic E-state index is 12.9. The van der Waals surface area contributed by atoms with E-state index >= 15 is 0 Å². The molecule has 2 aromatic carbocycles. The van der Waals surface area contributed by atoms with E-state index in [1.165, 1.54) is 15.9 Å². The summed E-state index contributed by atoms with van der Waals surface area (Å²) in [5.41, 5.74) is 2.44. The van der Waals surface area contributed by atoms with Gasteiger partial charge in [0.05, 0.1) is 21.3 Å². The smallest absolute Gasteiger partial charge is 0.302 e. The highest BCUT2D eigenvalue weighted by atomic mass is 32.1. The molecule has 148 valence electrons. The van der Waals surface area contributed by atoms with Crippen LogP contribution in [0.25, 0.3) is 26.8 Å². The number of fused-ring (bicyclic) bond motifs is 1. The zero-order chi connectivity index (χ0) is 20.5. The molecule has 0 atom stereocenters. The van der Waals surface area contributed by atoms with Crippen molar-refractivity contribution in [2.45, 2.75) is 6.92 Å². The number of methoxy groups -OCH3 is 3. The van der Waals surface area contributed by atoms with Gasteiger partial charge in [0.15, 0.2) is 17.2 Å². The summed E-state index contributed by atoms with van der Waals surface area (Å²) in [5, 5.41) is 13.4. The highest BCUT2D eigenvalue weighted by Crippen LogP contribution is 2.41. The molecule has 8 nitrogen and oxygen atoms in total. The molecule has 0 saturated carbocycles. The first-order valence-electron chi connectivity index (χ1n) is 8.69. The van der Waals surface area contributed by atoms with Crippen LogP contribution in [-0.4, -0.2) is 41.1 Å². The number of benzene rings is 2. The van der Waals surface area contributed by atoms with Gasteiger partial charge in [-0.3, -0.25) is 4.79 Å². The van der Waals surface area contributed by atoms with Crippen molar-refractivity contribution < 1.29 is 14.2 Å². The van der Waals surface area contributed by atoms with Gasteiger partial charge in [0.2, 0.25) is 10.7 Å². The van der Waals surface area contributed by atoms with Crippen molar-refractivity contribution >= 4 is 16.3 Å². The minimum atomic E-state index is -0.325. The lowest BCUT2D eigenvalue weighted by Crippen LogP contribution is -2.19. The fourth-order valence-corrected chi connectivity index (χ4v) is 3.75. The van der Waals surface area contributed by atoms with Crippen LogP contribution in [0.15, 0.2) is 41.2 Å². The molecule has 2 heterocycles. The Morgan fingerprint density at radius 1 is 0.897 bits per heavy atom. The van der Waals surface area contributed by atoms with E-state index in [9.17, 15) is 4.79 Å². The molecule has 4 aromatic rings. The minimum Gasteiger partial charge on any atom is -0.493 e. The van der Waals surface area contributed by atoms with Gasteiger partial charge < -0.3 is 14.2 Å². The van der Waals surface area contributed by atoms with Crippen molar-refractivity contribution in [2.75, 3.05) is 21.3 Å². The van der Waals surface area contributed by atoms with E-state index < -0.39 is 0 Å². The van der Waals surface area contributed by atoms with E-state index in [1.807, 2.05) is 31.2 Å². The molecular weight excluding hydrogens is 392 g/mol. The van der Waals surface area contributed by atoms with E-state index in [0.717, 1.165) is 5.56 Å². The number of hydrogen-bond donors (Lipinski definition) is 0. The van der Waals surface area contributed by atoms with Crippen molar-refractivity contribution in [2.24, 2.45) is 0 Å². The Bertz CT molecular complexity index is 1220. The van der Waals surface area contributed by atoms with Crippen LogP contribution in [0.5, 0.6) is 17.2 Å². The van der Waals surface area contributed by atoms with Crippen molar-refractivity contribution in [3.8, 4) is 39.1 Å². The first kappa shape index (κ1) is 18.9. The predicted octanol–water partition coefficient (Wildman–Crippen LogP) is 3.21. The molecule has 0 fully saturated rings. The topological polar surface area (TPSA) is 87.8 Å². The van der Waals surface area contributed by atoms with Gasteiger partial charge in [0.25, 0.3) is 0 Å². The van der Waals surface area contributed by atoms with Gasteiger partial charge >= 0.3 is 5.56 Å². The molecule has 0 saturated heterocycles. The number of aryl methyl sites for hydroxylation is 1. The number of nitrogens with zero attached hydrogens (tertiary/aromatic N) is 4. The normalized spacial score (nSPS) is 10.9. The summed E-state index contributed by atoms with van der Waals surface area (Å²) in [7, 11) is 4.63. The summed E-state index contributed by atoms with van der Waals surface area (Å²) in [6.45, 7) is 1.98. The van der Waals surface area contributed by atoms with Gasteiger partial charge in [-0.25, -0.2) is 0 Å². The van der Waals surface area contributed by atoms with Gasteiger partial charge in [0.1, 0.15) is 5.01 Å². The second-order valence-electron chi connectivity index (χ2n) is 6.24. The van der Waals surface area contributed by atoms with E-state index in [4.69, 9.17) is 14.2 Å². The third-order valence-electron chi connectivity index (χ3n) is 4.43. The van der Waals surface area contributed by atoms with Crippen LogP contribution in [0.3, 0.4) is 0 Å². The molecule has 4 rings (SSSR count). The molecule has 0 aliphatic rings. The van der Waals surface area contributed by atoms with Crippen LogP contribution in [0, 0.1) is 6.92 Å². The third-order valence-corrected chi connectivity index (χ3v) is 5.38. The van der Waals surface area contributed by atoms with Crippen LogP contribution in [0.4, 0.5) is 0 Å². The van der Waals surface area contributed by atoms with Crippen molar-refractivity contribution in [1.29, 1.82) is 0 Å². The van der Waals surface area contributed by atoms with Crippen LogP contribution in [0.2, 0.25) is 0 Å². The first-order chi connectivity index (χ1) is 14.0. The van der Waals surface area contributed by atoms with Crippen LogP contribution >= 0.6 is 11.3 Å². The van der Waals surface area contributed by atoms with E-state index in [-0.39, 0.29) is 11.3 Å². The SMILES string of the molecule is COc1cc(-c2nn3c(=O)c(-c4ccc(C)cc4)nnc3s2)cc(OC)c1OC. The lowest BCUT2D eigenvalue weighted by molar-refractivity contribution is 0.324. The zero-order valence-electron chi connectivity index (χ0n) is 16.3. The molecule has 0 amide bonds. The van der Waals surface area contributed by atoms with Gasteiger partial charge in [0, 0.05) is 11.1 Å². The Kier molecular flexibility index (Phi) is 4.89. The molecule has 29 heavy (non-hydrogen) atoms. The molecule has 0 bridgehead atoms. The number of aromatic nitrogens is 4. The quantitative estimate of drug-likeness (QED) is 0.499. The summed E-state index contributed by atoms with van der Waals surface area (Å²) in [4.78, 5) is 13.3. The molecule has 0 aliphatic carbocycles. The molecule has 0 spiro atoms. The summed E-state index contributed by atoms with van der Waals surface area (Å²) in [6.07, 6.45) is 0. The average molecular weight is 410 g/mol. The molecular formula is C20H18N4O4S. The number of hydrogen-bond acceptors (Lipinski definition) is 8. The Hall–Kier alpha value is -3.46. The van der Waals surface area contributed by atoms with Crippen molar-refractivity contribution in [3.63, 3.8) is 0 Å². The standard InChI is InChI=1S/C20H18N4O4S/c1-11-5-7-12(8-6-11)16-19(25)24-20(22-21-16)29-18(23-24)13-9-14(26-2)17(28-4)15(10-13)27-3/h5-10H,1-4H3. The molecule has 9 heteroatoms. The first-order valence-corrected chi connectivity index (χ1v) is 9.51. The number of ether oxygens (including phenoxy) is 3. The second kappa shape index (κ2) is 7.51. The Labute approximate surface area is 170 Å². The Balaban J connectivity index is 1.86. The summed E-state index contributed by atoms with van der Waals surface area (Å²) in [6, 6.07) is 11.1. The van der Waals surface area contributed by atoms with E-state index in [1.54, 1.807) is 33.5 Å².